The van der Waals surface area contributed by atoms with Crippen molar-refractivity contribution in [2.24, 2.45) is 0 Å². The highest BCUT2D eigenvalue weighted by atomic mass is 16.4. The summed E-state index contributed by atoms with van der Waals surface area (Å²) >= 11 is 0. The minimum atomic E-state index is -0.899. The van der Waals surface area contributed by atoms with Crippen molar-refractivity contribution in [3.8, 4) is 11.7 Å². The lowest BCUT2D eigenvalue weighted by Crippen LogP contribution is -1.97. The summed E-state index contributed by atoms with van der Waals surface area (Å²) in [5.74, 6) is 0.141. The third kappa shape index (κ3) is 2.40. The van der Waals surface area contributed by atoms with Crippen molar-refractivity contribution >= 4 is 16.9 Å². The fraction of sp³-hybridized carbons (Fsp3) is 0.214. The smallest absolute Gasteiger partial charge is 0.303 e. The number of fused-ring (bicyclic) bond motifs is 1. The van der Waals surface area contributed by atoms with E-state index in [9.17, 15) is 4.79 Å². The standard InChI is InChI=1S/C14H12N2O4/c1-8-2-3-10-9(6-8)7-11(19-10)14-16-15-12(20-14)4-5-13(17)18/h2-3,6-7H,4-5H2,1H3,(H,17,18). The molecule has 0 radical (unpaired) electrons. The maximum Gasteiger partial charge on any atom is 0.303 e. The van der Waals surface area contributed by atoms with Crippen LogP contribution in [0, 0.1) is 6.92 Å². The number of rotatable bonds is 4. The molecule has 2 aromatic heterocycles. The van der Waals surface area contributed by atoms with Crippen LogP contribution in [0.1, 0.15) is 17.9 Å². The van der Waals surface area contributed by atoms with Crippen LogP contribution in [0.5, 0.6) is 0 Å². The molecule has 0 aliphatic rings. The van der Waals surface area contributed by atoms with Crippen molar-refractivity contribution < 1.29 is 18.7 Å². The first-order valence-electron chi connectivity index (χ1n) is 6.16. The Balaban J connectivity index is 1.89. The normalized spacial score (nSPS) is 11.1. The van der Waals surface area contributed by atoms with Crippen LogP contribution >= 0.6 is 0 Å². The summed E-state index contributed by atoms with van der Waals surface area (Å²) in [7, 11) is 0. The van der Waals surface area contributed by atoms with Crippen LogP contribution in [0.4, 0.5) is 0 Å². The number of hydrogen-bond donors (Lipinski definition) is 1. The van der Waals surface area contributed by atoms with E-state index in [0.717, 1.165) is 16.5 Å². The van der Waals surface area contributed by atoms with Gasteiger partial charge >= 0.3 is 5.97 Å². The average molecular weight is 272 g/mol. The maximum atomic E-state index is 10.5. The quantitative estimate of drug-likeness (QED) is 0.785. The monoisotopic (exact) mass is 272 g/mol. The SMILES string of the molecule is Cc1ccc2oc(-c3nnc(CCC(=O)O)o3)cc2c1. The second-order valence-electron chi connectivity index (χ2n) is 4.55. The molecule has 0 saturated carbocycles. The Kier molecular flexibility index (Phi) is 2.98. The number of carbonyl (C=O) groups is 1. The van der Waals surface area contributed by atoms with Crippen molar-refractivity contribution in [3.05, 3.63) is 35.7 Å². The Labute approximate surface area is 114 Å². The van der Waals surface area contributed by atoms with Gasteiger partial charge in [0.05, 0.1) is 6.42 Å². The van der Waals surface area contributed by atoms with E-state index in [2.05, 4.69) is 10.2 Å². The van der Waals surface area contributed by atoms with Gasteiger partial charge in [0.2, 0.25) is 5.89 Å². The number of furan rings is 1. The van der Waals surface area contributed by atoms with Gasteiger partial charge < -0.3 is 13.9 Å². The Hall–Kier alpha value is -2.63. The largest absolute Gasteiger partial charge is 0.481 e. The maximum absolute atomic E-state index is 10.5. The molecule has 0 saturated heterocycles. The van der Waals surface area contributed by atoms with E-state index in [1.54, 1.807) is 0 Å². The van der Waals surface area contributed by atoms with Crippen LogP contribution in [0.2, 0.25) is 0 Å². The number of benzene rings is 1. The van der Waals surface area contributed by atoms with E-state index in [0.29, 0.717) is 11.7 Å². The summed E-state index contributed by atoms with van der Waals surface area (Å²) < 4.78 is 11.0. The van der Waals surface area contributed by atoms with Crippen LogP contribution in [0.25, 0.3) is 22.6 Å². The minimum Gasteiger partial charge on any atom is -0.481 e. The lowest BCUT2D eigenvalue weighted by molar-refractivity contribution is -0.137. The number of aromatic nitrogens is 2. The topological polar surface area (TPSA) is 89.4 Å². The van der Waals surface area contributed by atoms with Crippen molar-refractivity contribution in [2.45, 2.75) is 19.8 Å². The molecule has 3 aromatic rings. The highest BCUT2D eigenvalue weighted by Crippen LogP contribution is 2.27. The Morgan fingerprint density at radius 3 is 2.90 bits per heavy atom. The van der Waals surface area contributed by atoms with Gasteiger partial charge in [-0.15, -0.1) is 10.2 Å². The van der Waals surface area contributed by atoms with E-state index in [1.165, 1.54) is 0 Å². The van der Waals surface area contributed by atoms with Gasteiger partial charge in [0, 0.05) is 11.8 Å². The Morgan fingerprint density at radius 1 is 1.25 bits per heavy atom. The van der Waals surface area contributed by atoms with Gasteiger partial charge in [-0.05, 0) is 25.1 Å². The summed E-state index contributed by atoms with van der Waals surface area (Å²) in [4.78, 5) is 10.5. The summed E-state index contributed by atoms with van der Waals surface area (Å²) in [6, 6.07) is 7.68. The molecule has 2 heterocycles. The lowest BCUT2D eigenvalue weighted by atomic mass is 10.2. The predicted molar refractivity (Wildman–Crippen MR) is 70.2 cm³/mol. The van der Waals surface area contributed by atoms with Gasteiger partial charge in [0.25, 0.3) is 5.89 Å². The molecule has 1 aromatic carbocycles. The molecule has 3 rings (SSSR count). The molecule has 0 unspecified atom stereocenters. The van der Waals surface area contributed by atoms with Gasteiger partial charge in [-0.2, -0.15) is 0 Å². The highest BCUT2D eigenvalue weighted by Gasteiger charge is 2.14. The van der Waals surface area contributed by atoms with Crippen LogP contribution in [0.3, 0.4) is 0 Å². The molecular formula is C14H12N2O4. The molecule has 0 aliphatic carbocycles. The van der Waals surface area contributed by atoms with Crippen LogP contribution in [0.15, 0.2) is 33.1 Å². The molecule has 0 fully saturated rings. The number of carboxylic acid groups (broad SMARTS) is 1. The highest BCUT2D eigenvalue weighted by molar-refractivity contribution is 5.82. The van der Waals surface area contributed by atoms with Crippen molar-refractivity contribution in [1.82, 2.24) is 10.2 Å². The molecule has 0 bridgehead atoms. The zero-order chi connectivity index (χ0) is 14.1. The summed E-state index contributed by atoms with van der Waals surface area (Å²) in [5, 5.41) is 17.3. The second-order valence-corrected chi connectivity index (χ2v) is 4.55. The fourth-order valence-corrected chi connectivity index (χ4v) is 1.94. The van der Waals surface area contributed by atoms with Gasteiger partial charge in [-0.25, -0.2) is 0 Å². The molecule has 102 valence electrons. The first kappa shape index (κ1) is 12.4. The second kappa shape index (κ2) is 4.80. The van der Waals surface area contributed by atoms with Gasteiger partial charge in [-0.1, -0.05) is 11.6 Å². The number of hydrogen-bond acceptors (Lipinski definition) is 5. The molecule has 1 N–H and O–H groups in total. The number of aryl methyl sites for hydroxylation is 2. The van der Waals surface area contributed by atoms with Crippen LogP contribution in [-0.2, 0) is 11.2 Å². The van der Waals surface area contributed by atoms with E-state index in [-0.39, 0.29) is 18.7 Å². The number of nitrogens with zero attached hydrogens (tertiary/aromatic N) is 2. The zero-order valence-electron chi connectivity index (χ0n) is 10.8. The average Bonchev–Trinajstić information content (AvgIpc) is 3.01. The first-order valence-corrected chi connectivity index (χ1v) is 6.16. The third-order valence-electron chi connectivity index (χ3n) is 2.90. The summed E-state index contributed by atoms with van der Waals surface area (Å²) in [5.41, 5.74) is 1.88. The van der Waals surface area contributed by atoms with E-state index >= 15 is 0 Å². The fourth-order valence-electron chi connectivity index (χ4n) is 1.94. The van der Waals surface area contributed by atoms with Crippen molar-refractivity contribution in [3.63, 3.8) is 0 Å². The molecule has 0 aliphatic heterocycles. The molecule has 6 heteroatoms. The summed E-state index contributed by atoms with van der Waals surface area (Å²) in [6.45, 7) is 2.00. The Morgan fingerprint density at radius 2 is 2.10 bits per heavy atom. The number of carboxylic acids is 1. The van der Waals surface area contributed by atoms with E-state index in [4.69, 9.17) is 13.9 Å². The Bertz CT molecular complexity index is 772. The van der Waals surface area contributed by atoms with Gasteiger partial charge in [-0.3, -0.25) is 4.79 Å². The molecule has 6 nitrogen and oxygen atoms in total. The first-order chi connectivity index (χ1) is 9.61. The van der Waals surface area contributed by atoms with Crippen molar-refractivity contribution in [1.29, 1.82) is 0 Å². The third-order valence-corrected chi connectivity index (χ3v) is 2.90. The molecular weight excluding hydrogens is 260 g/mol. The molecule has 20 heavy (non-hydrogen) atoms. The van der Waals surface area contributed by atoms with Crippen LogP contribution in [-0.4, -0.2) is 21.3 Å². The van der Waals surface area contributed by atoms with E-state index < -0.39 is 5.97 Å². The number of aliphatic carboxylic acids is 1. The van der Waals surface area contributed by atoms with Gasteiger partial charge in [0.15, 0.2) is 5.76 Å². The molecule has 0 amide bonds. The predicted octanol–water partition coefficient (Wildman–Crippen LogP) is 2.81. The lowest BCUT2D eigenvalue weighted by Gasteiger charge is -1.89. The zero-order valence-corrected chi connectivity index (χ0v) is 10.8. The van der Waals surface area contributed by atoms with E-state index in [1.807, 2.05) is 31.2 Å². The summed E-state index contributed by atoms with van der Waals surface area (Å²) in [6.07, 6.45) is 0.169. The van der Waals surface area contributed by atoms with Crippen molar-refractivity contribution in [2.75, 3.05) is 0 Å². The molecule has 0 atom stereocenters. The van der Waals surface area contributed by atoms with Crippen LogP contribution < -0.4 is 0 Å². The van der Waals surface area contributed by atoms with Gasteiger partial charge in [0.1, 0.15) is 5.58 Å². The molecule has 0 spiro atoms. The minimum absolute atomic E-state index is 0.0407.